The third-order valence-corrected chi connectivity index (χ3v) is 4.85. The summed E-state index contributed by atoms with van der Waals surface area (Å²) >= 11 is 0. The van der Waals surface area contributed by atoms with Gasteiger partial charge in [-0.1, -0.05) is 28.9 Å². The molecule has 0 aliphatic carbocycles. The zero-order valence-electron chi connectivity index (χ0n) is 15.7. The number of aromatic nitrogens is 2. The zero-order chi connectivity index (χ0) is 20.4. The van der Waals surface area contributed by atoms with Crippen molar-refractivity contribution in [1.29, 1.82) is 0 Å². The molecular weight excluding hydrogens is 374 g/mol. The van der Waals surface area contributed by atoms with Crippen molar-refractivity contribution in [3.8, 4) is 11.4 Å². The number of anilines is 1. The van der Waals surface area contributed by atoms with Crippen LogP contribution in [0.4, 0.5) is 16.2 Å². The molecule has 0 radical (unpaired) electrons. The summed E-state index contributed by atoms with van der Waals surface area (Å²) in [6.07, 6.45) is 1.55. The molecule has 0 saturated carbocycles. The van der Waals surface area contributed by atoms with Crippen LogP contribution in [0.1, 0.15) is 30.3 Å². The quantitative estimate of drug-likeness (QED) is 0.521. The minimum Gasteiger partial charge on any atom is -0.337 e. The van der Waals surface area contributed by atoms with Crippen molar-refractivity contribution in [3.05, 3.63) is 70.1 Å². The smallest absolute Gasteiger partial charge is 0.322 e. The van der Waals surface area contributed by atoms with Gasteiger partial charge >= 0.3 is 6.03 Å². The lowest BCUT2D eigenvalue weighted by Gasteiger charge is -2.22. The van der Waals surface area contributed by atoms with Crippen LogP contribution in [0.15, 0.2) is 53.1 Å². The third-order valence-electron chi connectivity index (χ3n) is 4.85. The maximum Gasteiger partial charge on any atom is 0.322 e. The standard InChI is InChI=1S/C20H19N5O4/c1-13-4-2-5-14(12-13)18-22-19(29-23-18)17-6-3-11-24(17)20(26)21-15-7-9-16(10-8-15)25(27)28/h2,4-5,7-10,12,17H,3,6,11H2,1H3,(H,21,26). The highest BCUT2D eigenvalue weighted by molar-refractivity contribution is 5.89. The number of nitro groups is 1. The van der Waals surface area contributed by atoms with Gasteiger partial charge in [-0.05, 0) is 38.0 Å². The Morgan fingerprint density at radius 1 is 1.28 bits per heavy atom. The Morgan fingerprint density at radius 3 is 2.79 bits per heavy atom. The fourth-order valence-electron chi connectivity index (χ4n) is 3.40. The number of urea groups is 1. The average Bonchev–Trinajstić information content (AvgIpc) is 3.38. The summed E-state index contributed by atoms with van der Waals surface area (Å²) in [5.41, 5.74) is 2.41. The van der Waals surface area contributed by atoms with Gasteiger partial charge in [-0.15, -0.1) is 0 Å². The molecular formula is C20H19N5O4. The van der Waals surface area contributed by atoms with Gasteiger partial charge in [0, 0.05) is 29.9 Å². The molecule has 1 aliphatic rings. The second kappa shape index (κ2) is 7.70. The van der Waals surface area contributed by atoms with E-state index in [4.69, 9.17) is 4.52 Å². The number of nitrogens with zero attached hydrogens (tertiary/aromatic N) is 4. The van der Waals surface area contributed by atoms with Crippen molar-refractivity contribution in [2.24, 2.45) is 0 Å². The van der Waals surface area contributed by atoms with E-state index in [2.05, 4.69) is 15.5 Å². The Hall–Kier alpha value is -3.75. The molecule has 4 rings (SSSR count). The lowest BCUT2D eigenvalue weighted by molar-refractivity contribution is -0.384. The van der Waals surface area contributed by atoms with Crippen LogP contribution in [0.5, 0.6) is 0 Å². The van der Waals surface area contributed by atoms with Crippen molar-refractivity contribution >= 4 is 17.4 Å². The maximum atomic E-state index is 12.7. The Bertz CT molecular complexity index is 1050. The lowest BCUT2D eigenvalue weighted by Crippen LogP contribution is -2.34. The first-order chi connectivity index (χ1) is 14.0. The first-order valence-corrected chi connectivity index (χ1v) is 9.24. The van der Waals surface area contributed by atoms with Crippen LogP contribution >= 0.6 is 0 Å². The molecule has 3 aromatic rings. The summed E-state index contributed by atoms with van der Waals surface area (Å²) in [6.45, 7) is 2.55. The van der Waals surface area contributed by atoms with E-state index in [1.165, 1.54) is 24.3 Å². The van der Waals surface area contributed by atoms with Crippen LogP contribution in [-0.2, 0) is 0 Å². The van der Waals surface area contributed by atoms with Gasteiger partial charge < -0.3 is 14.7 Å². The van der Waals surface area contributed by atoms with E-state index in [1.54, 1.807) is 4.90 Å². The van der Waals surface area contributed by atoms with Crippen LogP contribution < -0.4 is 5.32 Å². The van der Waals surface area contributed by atoms with Crippen LogP contribution in [-0.4, -0.2) is 32.5 Å². The van der Waals surface area contributed by atoms with E-state index >= 15 is 0 Å². The van der Waals surface area contributed by atoms with Gasteiger partial charge in [0.1, 0.15) is 6.04 Å². The molecule has 0 bridgehead atoms. The van der Waals surface area contributed by atoms with E-state index in [9.17, 15) is 14.9 Å². The zero-order valence-corrected chi connectivity index (χ0v) is 15.7. The maximum absolute atomic E-state index is 12.7. The molecule has 148 valence electrons. The number of carbonyl (C=O) groups excluding carboxylic acids is 1. The molecule has 1 aromatic heterocycles. The van der Waals surface area contributed by atoms with E-state index < -0.39 is 4.92 Å². The minimum absolute atomic E-state index is 0.0309. The summed E-state index contributed by atoms with van der Waals surface area (Å²) in [6, 6.07) is 12.9. The lowest BCUT2D eigenvalue weighted by atomic mass is 10.1. The molecule has 29 heavy (non-hydrogen) atoms. The van der Waals surface area contributed by atoms with Crippen molar-refractivity contribution < 1.29 is 14.2 Å². The molecule has 1 fully saturated rings. The number of non-ortho nitro benzene ring substituents is 1. The van der Waals surface area contributed by atoms with Gasteiger partial charge in [0.25, 0.3) is 5.69 Å². The summed E-state index contributed by atoms with van der Waals surface area (Å²) in [5, 5.41) is 17.6. The largest absolute Gasteiger partial charge is 0.337 e. The van der Waals surface area contributed by atoms with Gasteiger partial charge in [-0.25, -0.2) is 4.79 Å². The summed E-state index contributed by atoms with van der Waals surface area (Å²) < 4.78 is 5.46. The van der Waals surface area contributed by atoms with E-state index in [0.717, 1.165) is 24.0 Å². The molecule has 1 aliphatic heterocycles. The van der Waals surface area contributed by atoms with Crippen LogP contribution in [0.3, 0.4) is 0 Å². The molecule has 2 amide bonds. The van der Waals surface area contributed by atoms with Crippen molar-refractivity contribution in [3.63, 3.8) is 0 Å². The van der Waals surface area contributed by atoms with Crippen molar-refractivity contribution in [2.75, 3.05) is 11.9 Å². The van der Waals surface area contributed by atoms with Crippen LogP contribution in [0.2, 0.25) is 0 Å². The molecule has 1 saturated heterocycles. The summed E-state index contributed by atoms with van der Waals surface area (Å²) in [5.74, 6) is 0.893. The summed E-state index contributed by atoms with van der Waals surface area (Å²) in [4.78, 5) is 29.1. The number of carbonyl (C=O) groups is 1. The SMILES string of the molecule is Cc1cccc(-c2noc(C3CCCN3C(=O)Nc3ccc([N+](=O)[O-])cc3)n2)c1. The molecule has 9 nitrogen and oxygen atoms in total. The highest BCUT2D eigenvalue weighted by Crippen LogP contribution is 2.32. The predicted molar refractivity (Wildman–Crippen MR) is 105 cm³/mol. The number of amides is 2. The molecule has 1 atom stereocenters. The number of benzene rings is 2. The molecule has 1 N–H and O–H groups in total. The van der Waals surface area contributed by atoms with Crippen LogP contribution in [0, 0.1) is 17.0 Å². The Labute approximate surface area is 166 Å². The van der Waals surface area contributed by atoms with E-state index in [1.807, 2.05) is 31.2 Å². The molecule has 9 heteroatoms. The number of rotatable bonds is 4. The van der Waals surface area contributed by atoms with Gasteiger partial charge in [-0.2, -0.15) is 4.98 Å². The van der Waals surface area contributed by atoms with Gasteiger partial charge in [0.05, 0.1) is 4.92 Å². The molecule has 2 heterocycles. The van der Waals surface area contributed by atoms with Gasteiger partial charge in [0.15, 0.2) is 0 Å². The second-order valence-electron chi connectivity index (χ2n) is 6.91. The van der Waals surface area contributed by atoms with Gasteiger partial charge in [0.2, 0.25) is 11.7 Å². The minimum atomic E-state index is -0.483. The highest BCUT2D eigenvalue weighted by Gasteiger charge is 2.34. The number of aryl methyl sites for hydroxylation is 1. The summed E-state index contributed by atoms with van der Waals surface area (Å²) in [7, 11) is 0. The number of hydrogen-bond donors (Lipinski definition) is 1. The number of nitro benzene ring substituents is 1. The average molecular weight is 393 g/mol. The van der Waals surface area contributed by atoms with Crippen LogP contribution in [0.25, 0.3) is 11.4 Å². The Balaban J connectivity index is 1.49. The number of likely N-dealkylation sites (tertiary alicyclic amines) is 1. The Morgan fingerprint density at radius 2 is 2.07 bits per heavy atom. The predicted octanol–water partition coefficient (Wildman–Crippen LogP) is 4.32. The Kier molecular flexibility index (Phi) is 4.94. The monoisotopic (exact) mass is 393 g/mol. The van der Waals surface area contributed by atoms with E-state index in [-0.39, 0.29) is 17.8 Å². The van der Waals surface area contributed by atoms with Gasteiger partial charge in [-0.3, -0.25) is 10.1 Å². The topological polar surface area (TPSA) is 114 Å². The normalized spacial score (nSPS) is 16.0. The van der Waals surface area contributed by atoms with E-state index in [0.29, 0.717) is 23.9 Å². The highest BCUT2D eigenvalue weighted by atomic mass is 16.6. The second-order valence-corrected chi connectivity index (χ2v) is 6.91. The fraction of sp³-hybridized carbons (Fsp3) is 0.250. The fourth-order valence-corrected chi connectivity index (χ4v) is 3.40. The molecule has 1 unspecified atom stereocenters. The number of hydrogen-bond acceptors (Lipinski definition) is 6. The number of nitrogens with one attached hydrogen (secondary N) is 1. The molecule has 2 aromatic carbocycles. The first-order valence-electron chi connectivity index (χ1n) is 9.24. The van der Waals surface area contributed by atoms with Crippen molar-refractivity contribution in [1.82, 2.24) is 15.0 Å². The first kappa shape index (κ1) is 18.6. The molecule has 0 spiro atoms. The van der Waals surface area contributed by atoms with Crippen molar-refractivity contribution in [2.45, 2.75) is 25.8 Å². The third kappa shape index (κ3) is 3.93.